The molecule has 90 valence electrons. The Kier molecular flexibility index (Phi) is 3.13. The second-order valence-electron chi connectivity index (χ2n) is 4.25. The van der Waals surface area contributed by atoms with Gasteiger partial charge >= 0.3 is 0 Å². The summed E-state index contributed by atoms with van der Waals surface area (Å²) in [4.78, 5) is 0. The van der Waals surface area contributed by atoms with E-state index in [1.165, 1.54) is 6.07 Å². The molecule has 1 heterocycles. The Balaban J connectivity index is 2.21. The van der Waals surface area contributed by atoms with Gasteiger partial charge < -0.3 is 5.32 Å². The van der Waals surface area contributed by atoms with Crippen LogP contribution in [0.1, 0.15) is 24.1 Å². The highest BCUT2D eigenvalue weighted by Crippen LogP contribution is 2.24. The first-order valence-electron chi connectivity index (χ1n) is 5.58. The minimum atomic E-state index is -0.222. The van der Waals surface area contributed by atoms with E-state index in [4.69, 9.17) is 0 Å². The largest absolute Gasteiger partial charge is 0.376 e. The summed E-state index contributed by atoms with van der Waals surface area (Å²) in [6.45, 7) is 3.88. The SMILES string of the molecule is Cc1cccc(F)c1NC(C)c1cnn(C)c1. The Morgan fingerprint density at radius 2 is 2.18 bits per heavy atom. The fourth-order valence-electron chi connectivity index (χ4n) is 1.78. The van der Waals surface area contributed by atoms with Gasteiger partial charge in [-0.1, -0.05) is 12.1 Å². The van der Waals surface area contributed by atoms with Crippen LogP contribution in [-0.2, 0) is 7.05 Å². The van der Waals surface area contributed by atoms with Crippen molar-refractivity contribution >= 4 is 5.69 Å². The standard InChI is InChI=1S/C13H16FN3/c1-9-5-4-6-12(14)13(9)16-10(2)11-7-15-17(3)8-11/h4-8,10,16H,1-3H3. The molecule has 1 unspecified atom stereocenters. The summed E-state index contributed by atoms with van der Waals surface area (Å²) in [6, 6.07) is 5.09. The second kappa shape index (κ2) is 4.57. The molecule has 0 saturated carbocycles. The van der Waals surface area contributed by atoms with Gasteiger partial charge in [0, 0.05) is 18.8 Å². The highest BCUT2D eigenvalue weighted by atomic mass is 19.1. The van der Waals surface area contributed by atoms with E-state index in [-0.39, 0.29) is 11.9 Å². The van der Waals surface area contributed by atoms with Gasteiger partial charge in [-0.3, -0.25) is 4.68 Å². The predicted molar refractivity (Wildman–Crippen MR) is 66.4 cm³/mol. The monoisotopic (exact) mass is 233 g/mol. The van der Waals surface area contributed by atoms with Gasteiger partial charge in [0.05, 0.1) is 17.9 Å². The molecule has 3 nitrogen and oxygen atoms in total. The molecule has 0 spiro atoms. The highest BCUT2D eigenvalue weighted by molar-refractivity contribution is 5.53. The summed E-state index contributed by atoms with van der Waals surface area (Å²) in [6.07, 6.45) is 3.71. The third kappa shape index (κ3) is 2.46. The predicted octanol–water partition coefficient (Wildman–Crippen LogP) is 3.04. The van der Waals surface area contributed by atoms with Crippen molar-refractivity contribution in [2.45, 2.75) is 19.9 Å². The van der Waals surface area contributed by atoms with Crippen molar-refractivity contribution in [3.8, 4) is 0 Å². The minimum Gasteiger partial charge on any atom is -0.376 e. The first-order chi connectivity index (χ1) is 8.08. The second-order valence-corrected chi connectivity index (χ2v) is 4.25. The van der Waals surface area contributed by atoms with Crippen LogP contribution in [0.2, 0.25) is 0 Å². The van der Waals surface area contributed by atoms with Crippen molar-refractivity contribution in [3.63, 3.8) is 0 Å². The highest BCUT2D eigenvalue weighted by Gasteiger charge is 2.11. The number of para-hydroxylation sites is 1. The average molecular weight is 233 g/mol. The molecule has 1 atom stereocenters. The third-order valence-corrected chi connectivity index (χ3v) is 2.81. The van der Waals surface area contributed by atoms with Crippen LogP contribution >= 0.6 is 0 Å². The van der Waals surface area contributed by atoms with Gasteiger partial charge in [0.2, 0.25) is 0 Å². The van der Waals surface area contributed by atoms with Crippen LogP contribution < -0.4 is 5.32 Å². The van der Waals surface area contributed by atoms with Crippen LogP contribution in [-0.4, -0.2) is 9.78 Å². The van der Waals surface area contributed by atoms with Crippen molar-refractivity contribution in [2.75, 3.05) is 5.32 Å². The summed E-state index contributed by atoms with van der Waals surface area (Å²) in [5, 5.41) is 7.29. The molecular formula is C13H16FN3. The van der Waals surface area contributed by atoms with Crippen LogP contribution in [0.4, 0.5) is 10.1 Å². The van der Waals surface area contributed by atoms with E-state index in [0.717, 1.165) is 11.1 Å². The van der Waals surface area contributed by atoms with Crippen molar-refractivity contribution in [1.82, 2.24) is 9.78 Å². The van der Waals surface area contributed by atoms with Gasteiger partial charge in [-0.05, 0) is 25.5 Å². The Labute approximate surface area is 100 Å². The molecule has 1 N–H and O–H groups in total. The van der Waals surface area contributed by atoms with Crippen LogP contribution in [0.25, 0.3) is 0 Å². The summed E-state index contributed by atoms with van der Waals surface area (Å²) < 4.78 is 15.4. The molecule has 0 fully saturated rings. The number of halogens is 1. The quantitative estimate of drug-likeness (QED) is 0.883. The Bertz CT molecular complexity index is 499. The molecular weight excluding hydrogens is 217 g/mol. The molecule has 4 heteroatoms. The first kappa shape index (κ1) is 11.6. The number of aryl methyl sites for hydroxylation is 2. The lowest BCUT2D eigenvalue weighted by molar-refractivity contribution is 0.626. The van der Waals surface area contributed by atoms with E-state index in [1.54, 1.807) is 16.9 Å². The van der Waals surface area contributed by atoms with E-state index in [0.29, 0.717) is 5.69 Å². The van der Waals surface area contributed by atoms with Gasteiger partial charge in [-0.2, -0.15) is 5.10 Å². The lowest BCUT2D eigenvalue weighted by Crippen LogP contribution is -2.08. The van der Waals surface area contributed by atoms with Gasteiger partial charge in [0.15, 0.2) is 0 Å². The van der Waals surface area contributed by atoms with Crippen molar-refractivity contribution in [2.24, 2.45) is 7.05 Å². The number of hydrogen-bond donors (Lipinski definition) is 1. The van der Waals surface area contributed by atoms with Crippen molar-refractivity contribution < 1.29 is 4.39 Å². The molecule has 0 aliphatic rings. The lowest BCUT2D eigenvalue weighted by atomic mass is 10.1. The number of anilines is 1. The van der Waals surface area contributed by atoms with Gasteiger partial charge in [0.1, 0.15) is 5.82 Å². The zero-order valence-corrected chi connectivity index (χ0v) is 10.2. The summed E-state index contributed by atoms with van der Waals surface area (Å²) in [5.41, 5.74) is 2.50. The van der Waals surface area contributed by atoms with E-state index < -0.39 is 0 Å². The van der Waals surface area contributed by atoms with Gasteiger partial charge in [-0.15, -0.1) is 0 Å². The van der Waals surface area contributed by atoms with Gasteiger partial charge in [0.25, 0.3) is 0 Å². The van der Waals surface area contributed by atoms with Gasteiger partial charge in [-0.25, -0.2) is 4.39 Å². The van der Waals surface area contributed by atoms with E-state index in [2.05, 4.69) is 10.4 Å². The maximum atomic E-state index is 13.6. The zero-order chi connectivity index (χ0) is 12.4. The first-order valence-corrected chi connectivity index (χ1v) is 5.58. The molecule has 0 aliphatic carbocycles. The molecule has 2 aromatic rings. The number of aromatic nitrogens is 2. The molecule has 0 bridgehead atoms. The van der Waals surface area contributed by atoms with E-state index >= 15 is 0 Å². The smallest absolute Gasteiger partial charge is 0.146 e. The molecule has 0 aliphatic heterocycles. The molecule has 17 heavy (non-hydrogen) atoms. The topological polar surface area (TPSA) is 29.9 Å². The minimum absolute atomic E-state index is 0.0271. The fourth-order valence-corrected chi connectivity index (χ4v) is 1.78. The zero-order valence-electron chi connectivity index (χ0n) is 10.2. The number of benzene rings is 1. The summed E-state index contributed by atoms with van der Waals surface area (Å²) in [7, 11) is 1.87. The molecule has 0 radical (unpaired) electrons. The number of nitrogens with zero attached hydrogens (tertiary/aromatic N) is 2. The number of rotatable bonds is 3. The van der Waals surface area contributed by atoms with Crippen molar-refractivity contribution in [1.29, 1.82) is 0 Å². The Morgan fingerprint density at radius 1 is 1.41 bits per heavy atom. The summed E-state index contributed by atoms with van der Waals surface area (Å²) >= 11 is 0. The van der Waals surface area contributed by atoms with Crippen LogP contribution in [0.5, 0.6) is 0 Å². The van der Waals surface area contributed by atoms with Crippen LogP contribution in [0.15, 0.2) is 30.6 Å². The van der Waals surface area contributed by atoms with Crippen LogP contribution in [0, 0.1) is 12.7 Å². The lowest BCUT2D eigenvalue weighted by Gasteiger charge is -2.16. The molecule has 2 rings (SSSR count). The number of nitrogens with one attached hydrogen (secondary N) is 1. The third-order valence-electron chi connectivity index (χ3n) is 2.81. The Hall–Kier alpha value is -1.84. The van der Waals surface area contributed by atoms with Crippen LogP contribution in [0.3, 0.4) is 0 Å². The number of hydrogen-bond acceptors (Lipinski definition) is 2. The maximum Gasteiger partial charge on any atom is 0.146 e. The average Bonchev–Trinajstić information content (AvgIpc) is 2.70. The molecule has 1 aromatic carbocycles. The normalized spacial score (nSPS) is 12.5. The maximum absolute atomic E-state index is 13.6. The fraction of sp³-hybridized carbons (Fsp3) is 0.308. The van der Waals surface area contributed by atoms with Crippen molar-refractivity contribution in [3.05, 3.63) is 47.5 Å². The summed E-state index contributed by atoms with van der Waals surface area (Å²) in [5.74, 6) is -0.222. The molecule has 0 amide bonds. The Morgan fingerprint density at radius 3 is 2.76 bits per heavy atom. The molecule has 1 aromatic heterocycles. The van der Waals surface area contributed by atoms with E-state index in [9.17, 15) is 4.39 Å². The van der Waals surface area contributed by atoms with E-state index in [1.807, 2.05) is 33.2 Å². The molecule has 0 saturated heterocycles.